The highest BCUT2D eigenvalue weighted by atomic mass is 16.2. The van der Waals surface area contributed by atoms with Crippen molar-refractivity contribution >= 4 is 6.03 Å². The molecule has 1 aliphatic rings. The van der Waals surface area contributed by atoms with Crippen molar-refractivity contribution in [3.8, 4) is 0 Å². The molecule has 6 nitrogen and oxygen atoms in total. The zero-order valence-corrected chi connectivity index (χ0v) is 14.1. The van der Waals surface area contributed by atoms with Crippen molar-refractivity contribution in [3.63, 3.8) is 0 Å². The molecule has 24 heavy (non-hydrogen) atoms. The van der Waals surface area contributed by atoms with Crippen molar-refractivity contribution in [2.75, 3.05) is 0 Å². The van der Waals surface area contributed by atoms with Crippen molar-refractivity contribution < 1.29 is 4.79 Å². The quantitative estimate of drug-likeness (QED) is 0.856. The number of aryl methyl sites for hydroxylation is 1. The van der Waals surface area contributed by atoms with Gasteiger partial charge < -0.3 is 15.2 Å². The Balaban J connectivity index is 1.63. The molecule has 1 atom stereocenters. The van der Waals surface area contributed by atoms with E-state index in [-0.39, 0.29) is 12.1 Å². The average Bonchev–Trinajstić information content (AvgIpc) is 3.30. The fourth-order valence-electron chi connectivity index (χ4n) is 3.46. The number of nitrogens with one attached hydrogen (secondary N) is 2. The van der Waals surface area contributed by atoms with Gasteiger partial charge in [0.25, 0.3) is 0 Å². The number of carbonyl (C=O) groups is 1. The topological polar surface area (TPSA) is 71.8 Å². The first-order valence-corrected chi connectivity index (χ1v) is 8.74. The van der Waals surface area contributed by atoms with Gasteiger partial charge in [-0.1, -0.05) is 43.2 Å². The maximum Gasteiger partial charge on any atom is 0.315 e. The molecule has 6 heteroatoms. The fourth-order valence-corrected chi connectivity index (χ4v) is 3.46. The number of benzene rings is 1. The van der Waals surface area contributed by atoms with E-state index in [4.69, 9.17) is 0 Å². The number of urea groups is 1. The number of carbonyl (C=O) groups excluding carboxylic acids is 1. The van der Waals surface area contributed by atoms with E-state index in [1.807, 2.05) is 29.7 Å². The summed E-state index contributed by atoms with van der Waals surface area (Å²) in [4.78, 5) is 12.4. The van der Waals surface area contributed by atoms with Crippen LogP contribution in [0, 0.1) is 5.92 Å². The van der Waals surface area contributed by atoms with Crippen LogP contribution in [-0.2, 0) is 13.1 Å². The normalized spacial score (nSPS) is 16.0. The Morgan fingerprint density at radius 2 is 2.04 bits per heavy atom. The highest BCUT2D eigenvalue weighted by Crippen LogP contribution is 2.35. The zero-order valence-electron chi connectivity index (χ0n) is 14.1. The average molecular weight is 327 g/mol. The number of aromatic nitrogens is 3. The lowest BCUT2D eigenvalue weighted by molar-refractivity contribution is 0.230. The molecule has 0 radical (unpaired) electrons. The van der Waals surface area contributed by atoms with Crippen molar-refractivity contribution in [1.82, 2.24) is 25.4 Å². The van der Waals surface area contributed by atoms with E-state index in [1.165, 1.54) is 31.2 Å². The predicted octanol–water partition coefficient (Wildman–Crippen LogP) is 3.03. The smallest absolute Gasteiger partial charge is 0.315 e. The summed E-state index contributed by atoms with van der Waals surface area (Å²) in [7, 11) is 0. The summed E-state index contributed by atoms with van der Waals surface area (Å²) in [5, 5.41) is 14.0. The minimum atomic E-state index is -0.151. The van der Waals surface area contributed by atoms with Gasteiger partial charge in [0.15, 0.2) is 5.82 Å². The lowest BCUT2D eigenvalue weighted by Gasteiger charge is -2.25. The molecule has 0 bridgehead atoms. The molecule has 1 heterocycles. The Kier molecular flexibility index (Phi) is 5.46. The molecule has 2 N–H and O–H groups in total. The van der Waals surface area contributed by atoms with Gasteiger partial charge in [0, 0.05) is 6.54 Å². The monoisotopic (exact) mass is 327 g/mol. The van der Waals surface area contributed by atoms with Crippen molar-refractivity contribution in [3.05, 3.63) is 48.0 Å². The van der Waals surface area contributed by atoms with Crippen LogP contribution >= 0.6 is 0 Å². The first-order valence-electron chi connectivity index (χ1n) is 8.74. The van der Waals surface area contributed by atoms with Gasteiger partial charge in [0.05, 0.1) is 12.6 Å². The summed E-state index contributed by atoms with van der Waals surface area (Å²) in [6, 6.07) is 10.2. The fraction of sp³-hybridized carbons (Fsp3) is 0.500. The van der Waals surface area contributed by atoms with Gasteiger partial charge in [0.2, 0.25) is 0 Å². The van der Waals surface area contributed by atoms with Gasteiger partial charge in [-0.25, -0.2) is 4.79 Å². The van der Waals surface area contributed by atoms with Crippen LogP contribution in [0.25, 0.3) is 0 Å². The summed E-state index contributed by atoms with van der Waals surface area (Å²) in [6.07, 6.45) is 6.52. The molecular weight excluding hydrogens is 302 g/mol. The Bertz CT molecular complexity index is 648. The van der Waals surface area contributed by atoms with E-state index >= 15 is 0 Å². The minimum absolute atomic E-state index is 0.0674. The number of rotatable bonds is 6. The van der Waals surface area contributed by atoms with E-state index in [0.717, 1.165) is 12.4 Å². The third-order valence-corrected chi connectivity index (χ3v) is 4.76. The van der Waals surface area contributed by atoms with Gasteiger partial charge in [-0.05, 0) is 31.2 Å². The molecule has 2 amide bonds. The molecule has 1 fully saturated rings. The van der Waals surface area contributed by atoms with Crippen molar-refractivity contribution in [2.24, 2.45) is 5.92 Å². The van der Waals surface area contributed by atoms with Crippen molar-refractivity contribution in [2.45, 2.75) is 51.7 Å². The Hall–Kier alpha value is -2.37. The Labute approximate surface area is 142 Å². The van der Waals surface area contributed by atoms with Crippen LogP contribution in [-0.4, -0.2) is 20.8 Å². The molecule has 1 aromatic heterocycles. The maximum atomic E-state index is 12.4. The number of hydrogen-bond acceptors (Lipinski definition) is 3. The van der Waals surface area contributed by atoms with Crippen LogP contribution in [0.1, 0.15) is 50.0 Å². The summed E-state index contributed by atoms with van der Waals surface area (Å²) in [5.74, 6) is 1.28. The maximum absolute atomic E-state index is 12.4. The predicted molar refractivity (Wildman–Crippen MR) is 92.2 cm³/mol. The van der Waals surface area contributed by atoms with E-state index in [2.05, 4.69) is 33.0 Å². The van der Waals surface area contributed by atoms with E-state index in [9.17, 15) is 4.79 Å². The second-order valence-electron chi connectivity index (χ2n) is 6.29. The molecule has 0 saturated heterocycles. The van der Waals surface area contributed by atoms with Gasteiger partial charge in [-0.15, -0.1) is 10.2 Å². The molecule has 1 aromatic carbocycles. The van der Waals surface area contributed by atoms with Crippen LogP contribution in [0.4, 0.5) is 4.79 Å². The lowest BCUT2D eigenvalue weighted by Crippen LogP contribution is -2.40. The first-order chi connectivity index (χ1) is 11.8. The van der Waals surface area contributed by atoms with Gasteiger partial charge in [-0.3, -0.25) is 0 Å². The molecule has 1 aliphatic carbocycles. The molecule has 3 rings (SSSR count). The van der Waals surface area contributed by atoms with Gasteiger partial charge in [-0.2, -0.15) is 0 Å². The third kappa shape index (κ3) is 3.93. The summed E-state index contributed by atoms with van der Waals surface area (Å²) in [5.41, 5.74) is 1.18. The van der Waals surface area contributed by atoms with E-state index < -0.39 is 0 Å². The molecule has 0 spiro atoms. The first kappa shape index (κ1) is 16.5. The number of nitrogens with zero attached hydrogens (tertiary/aromatic N) is 3. The second kappa shape index (κ2) is 7.95. The molecule has 2 aromatic rings. The summed E-state index contributed by atoms with van der Waals surface area (Å²) < 4.78 is 1.92. The van der Waals surface area contributed by atoms with Crippen LogP contribution in [0.15, 0.2) is 36.7 Å². The Morgan fingerprint density at radius 1 is 1.29 bits per heavy atom. The van der Waals surface area contributed by atoms with Crippen LogP contribution in [0.2, 0.25) is 0 Å². The van der Waals surface area contributed by atoms with E-state index in [0.29, 0.717) is 12.5 Å². The highest BCUT2D eigenvalue weighted by Gasteiger charge is 2.27. The van der Waals surface area contributed by atoms with Crippen LogP contribution < -0.4 is 10.6 Å². The molecule has 128 valence electrons. The Morgan fingerprint density at radius 3 is 2.75 bits per heavy atom. The van der Waals surface area contributed by atoms with Crippen LogP contribution in [0.3, 0.4) is 0 Å². The van der Waals surface area contributed by atoms with E-state index in [1.54, 1.807) is 6.33 Å². The summed E-state index contributed by atoms with van der Waals surface area (Å²) in [6.45, 7) is 3.20. The molecular formula is C18H25N5O. The molecule has 1 saturated carbocycles. The number of hydrogen-bond donors (Lipinski definition) is 2. The lowest BCUT2D eigenvalue weighted by atomic mass is 9.92. The second-order valence-corrected chi connectivity index (χ2v) is 6.29. The standard InChI is InChI=1S/C18H25N5O/c1-2-23-13-20-22-16(23)12-19-18(24)21-17(15-10-6-7-11-15)14-8-4-3-5-9-14/h3-5,8-9,13,15,17H,2,6-7,10-12H2,1H3,(H2,19,21,24). The molecule has 1 unspecified atom stereocenters. The molecule has 0 aliphatic heterocycles. The zero-order chi connectivity index (χ0) is 16.8. The minimum Gasteiger partial charge on any atom is -0.331 e. The third-order valence-electron chi connectivity index (χ3n) is 4.76. The largest absolute Gasteiger partial charge is 0.331 e. The SMILES string of the molecule is CCn1cnnc1CNC(=O)NC(c1ccccc1)C1CCCC1. The number of amides is 2. The van der Waals surface area contributed by atoms with Gasteiger partial charge in [0.1, 0.15) is 6.33 Å². The highest BCUT2D eigenvalue weighted by molar-refractivity contribution is 5.74. The van der Waals surface area contributed by atoms with Gasteiger partial charge >= 0.3 is 6.03 Å². The van der Waals surface area contributed by atoms with Crippen LogP contribution in [0.5, 0.6) is 0 Å². The van der Waals surface area contributed by atoms with Crippen molar-refractivity contribution in [1.29, 1.82) is 0 Å². The summed E-state index contributed by atoms with van der Waals surface area (Å²) >= 11 is 0.